The van der Waals surface area contributed by atoms with Gasteiger partial charge < -0.3 is 5.32 Å². The van der Waals surface area contributed by atoms with E-state index in [1.165, 1.54) is 14.7 Å². The summed E-state index contributed by atoms with van der Waals surface area (Å²) < 4.78 is 1.26. The predicted octanol–water partition coefficient (Wildman–Crippen LogP) is 5.26. The van der Waals surface area contributed by atoms with E-state index in [9.17, 15) is 0 Å². The summed E-state index contributed by atoms with van der Waals surface area (Å²) in [5.74, 6) is 0. The molecule has 0 unspecified atom stereocenters. The van der Waals surface area contributed by atoms with E-state index in [1.807, 2.05) is 12.1 Å². The third-order valence-electron chi connectivity index (χ3n) is 3.24. The first-order valence-corrected chi connectivity index (χ1v) is 8.93. The molecule has 0 saturated heterocycles. The molecule has 0 radical (unpaired) electrons. The minimum Gasteiger partial charge on any atom is -0.361 e. The van der Waals surface area contributed by atoms with Gasteiger partial charge in [0.2, 0.25) is 0 Å². The molecule has 3 rings (SSSR count). The fraction of sp³-hybridized carbons (Fsp3) is 0.167. The molecule has 3 aromatic rings. The topological polar surface area (TPSA) is 24.9 Å². The van der Waals surface area contributed by atoms with Gasteiger partial charge in [-0.25, -0.2) is 4.98 Å². The van der Waals surface area contributed by atoms with Gasteiger partial charge in [-0.15, -0.1) is 0 Å². The van der Waals surface area contributed by atoms with E-state index in [1.54, 1.807) is 23.1 Å². The van der Waals surface area contributed by atoms with Crippen molar-refractivity contribution in [2.24, 2.45) is 0 Å². The van der Waals surface area contributed by atoms with Gasteiger partial charge in [-0.05, 0) is 31.0 Å². The summed E-state index contributed by atoms with van der Waals surface area (Å²) in [4.78, 5) is 5.88. The standard InChI is InChI=1S/C18H18N2S2/c1-14-17(21-16-10-6-3-7-11-16)22-18(20-14)19-13-12-15-8-4-2-5-9-15/h2-11H,12-13H2,1H3,(H,19,20). The molecule has 1 N–H and O–H groups in total. The van der Waals surface area contributed by atoms with Gasteiger partial charge in [-0.1, -0.05) is 71.6 Å². The molecule has 0 fully saturated rings. The zero-order valence-electron chi connectivity index (χ0n) is 12.5. The summed E-state index contributed by atoms with van der Waals surface area (Å²) in [7, 11) is 0. The van der Waals surface area contributed by atoms with Gasteiger partial charge in [0, 0.05) is 11.4 Å². The van der Waals surface area contributed by atoms with Gasteiger partial charge in [0.15, 0.2) is 5.13 Å². The number of benzene rings is 2. The Kier molecular flexibility index (Phi) is 5.14. The zero-order chi connectivity index (χ0) is 15.2. The Bertz CT molecular complexity index is 708. The second-order valence-corrected chi connectivity index (χ2v) is 7.31. The van der Waals surface area contributed by atoms with E-state index in [-0.39, 0.29) is 0 Å². The summed E-state index contributed by atoms with van der Waals surface area (Å²) in [5.41, 5.74) is 2.45. The van der Waals surface area contributed by atoms with Crippen LogP contribution < -0.4 is 5.32 Å². The quantitative estimate of drug-likeness (QED) is 0.669. The van der Waals surface area contributed by atoms with Gasteiger partial charge in [0.25, 0.3) is 0 Å². The Morgan fingerprint density at radius 1 is 1.00 bits per heavy atom. The number of nitrogens with zero attached hydrogens (tertiary/aromatic N) is 1. The lowest BCUT2D eigenvalue weighted by Gasteiger charge is -2.02. The average molecular weight is 326 g/mol. The molecule has 0 saturated carbocycles. The first-order valence-electron chi connectivity index (χ1n) is 7.29. The summed E-state index contributed by atoms with van der Waals surface area (Å²) in [6, 6.07) is 21.0. The lowest BCUT2D eigenvalue weighted by atomic mass is 10.2. The molecule has 1 heterocycles. The summed E-state index contributed by atoms with van der Waals surface area (Å²) in [6.45, 7) is 2.98. The van der Waals surface area contributed by atoms with Crippen molar-refractivity contribution in [3.05, 3.63) is 71.9 Å². The third kappa shape index (κ3) is 4.12. The van der Waals surface area contributed by atoms with Gasteiger partial charge in [0.1, 0.15) is 0 Å². The number of aromatic nitrogens is 1. The van der Waals surface area contributed by atoms with E-state index in [0.29, 0.717) is 0 Å². The molecule has 0 atom stereocenters. The summed E-state index contributed by atoms with van der Waals surface area (Å²) >= 11 is 3.51. The first kappa shape index (κ1) is 15.1. The molecular formula is C18H18N2S2. The number of anilines is 1. The van der Waals surface area contributed by atoms with Crippen molar-refractivity contribution < 1.29 is 0 Å². The van der Waals surface area contributed by atoms with Crippen molar-refractivity contribution in [3.8, 4) is 0 Å². The molecule has 0 amide bonds. The van der Waals surface area contributed by atoms with Crippen molar-refractivity contribution in [2.45, 2.75) is 22.4 Å². The van der Waals surface area contributed by atoms with Crippen LogP contribution in [-0.2, 0) is 6.42 Å². The Labute approximate surface area is 139 Å². The number of hydrogen-bond acceptors (Lipinski definition) is 4. The largest absolute Gasteiger partial charge is 0.361 e. The Hall–Kier alpha value is -1.78. The van der Waals surface area contributed by atoms with Crippen molar-refractivity contribution in [1.29, 1.82) is 0 Å². The number of rotatable bonds is 6. The summed E-state index contributed by atoms with van der Waals surface area (Å²) in [6.07, 6.45) is 1.01. The fourth-order valence-corrected chi connectivity index (χ4v) is 4.23. The van der Waals surface area contributed by atoms with E-state index in [0.717, 1.165) is 23.8 Å². The molecule has 0 aliphatic rings. The SMILES string of the molecule is Cc1nc(NCCc2ccccc2)sc1Sc1ccccc1. The number of thiazole rings is 1. The highest BCUT2D eigenvalue weighted by Crippen LogP contribution is 2.36. The normalized spacial score (nSPS) is 10.6. The van der Waals surface area contributed by atoms with Crippen LogP contribution in [0, 0.1) is 6.92 Å². The highest BCUT2D eigenvalue weighted by Gasteiger charge is 2.08. The second-order valence-electron chi connectivity index (χ2n) is 4.97. The molecule has 0 aliphatic carbocycles. The van der Waals surface area contributed by atoms with Gasteiger partial charge >= 0.3 is 0 Å². The van der Waals surface area contributed by atoms with Crippen LogP contribution >= 0.6 is 23.1 Å². The smallest absolute Gasteiger partial charge is 0.183 e. The Balaban J connectivity index is 1.58. The maximum absolute atomic E-state index is 4.62. The molecule has 4 heteroatoms. The molecule has 22 heavy (non-hydrogen) atoms. The molecule has 0 bridgehead atoms. The third-order valence-corrected chi connectivity index (χ3v) is 5.64. The minimum absolute atomic E-state index is 0.909. The van der Waals surface area contributed by atoms with Crippen LogP contribution in [0.4, 0.5) is 5.13 Å². The number of hydrogen-bond donors (Lipinski definition) is 1. The molecule has 0 spiro atoms. The predicted molar refractivity (Wildman–Crippen MR) is 96.1 cm³/mol. The second kappa shape index (κ2) is 7.47. The van der Waals surface area contributed by atoms with Crippen LogP contribution in [-0.4, -0.2) is 11.5 Å². The monoisotopic (exact) mass is 326 g/mol. The highest BCUT2D eigenvalue weighted by atomic mass is 32.2. The van der Waals surface area contributed by atoms with Crippen LogP contribution in [0.15, 0.2) is 69.8 Å². The maximum Gasteiger partial charge on any atom is 0.183 e. The number of aryl methyl sites for hydroxylation is 1. The number of nitrogens with one attached hydrogen (secondary N) is 1. The lowest BCUT2D eigenvalue weighted by molar-refractivity contribution is 1.01. The van der Waals surface area contributed by atoms with E-state index >= 15 is 0 Å². The molecular weight excluding hydrogens is 308 g/mol. The first-order chi connectivity index (χ1) is 10.8. The summed E-state index contributed by atoms with van der Waals surface area (Å²) in [5, 5.41) is 4.44. The van der Waals surface area contributed by atoms with Crippen LogP contribution in [0.2, 0.25) is 0 Å². The molecule has 112 valence electrons. The van der Waals surface area contributed by atoms with Crippen LogP contribution in [0.25, 0.3) is 0 Å². The zero-order valence-corrected chi connectivity index (χ0v) is 14.1. The van der Waals surface area contributed by atoms with E-state index in [2.05, 4.69) is 65.8 Å². The molecule has 0 aliphatic heterocycles. The Morgan fingerprint density at radius 2 is 1.68 bits per heavy atom. The lowest BCUT2D eigenvalue weighted by Crippen LogP contribution is -2.04. The van der Waals surface area contributed by atoms with Crippen LogP contribution in [0.5, 0.6) is 0 Å². The van der Waals surface area contributed by atoms with E-state index in [4.69, 9.17) is 0 Å². The van der Waals surface area contributed by atoms with Crippen molar-refractivity contribution in [1.82, 2.24) is 4.98 Å². The molecule has 2 nitrogen and oxygen atoms in total. The average Bonchev–Trinajstić information content (AvgIpc) is 2.89. The van der Waals surface area contributed by atoms with Gasteiger partial charge in [-0.2, -0.15) is 0 Å². The Morgan fingerprint density at radius 3 is 2.41 bits per heavy atom. The van der Waals surface area contributed by atoms with Gasteiger partial charge in [0.05, 0.1) is 9.90 Å². The van der Waals surface area contributed by atoms with Crippen LogP contribution in [0.3, 0.4) is 0 Å². The van der Waals surface area contributed by atoms with Crippen molar-refractivity contribution in [2.75, 3.05) is 11.9 Å². The fourth-order valence-electron chi connectivity index (χ4n) is 2.11. The highest BCUT2D eigenvalue weighted by molar-refractivity contribution is 8.01. The van der Waals surface area contributed by atoms with Crippen molar-refractivity contribution >= 4 is 28.2 Å². The molecule has 1 aromatic heterocycles. The van der Waals surface area contributed by atoms with Gasteiger partial charge in [-0.3, -0.25) is 0 Å². The minimum atomic E-state index is 0.909. The van der Waals surface area contributed by atoms with E-state index < -0.39 is 0 Å². The van der Waals surface area contributed by atoms with Crippen LogP contribution in [0.1, 0.15) is 11.3 Å². The van der Waals surface area contributed by atoms with Crippen molar-refractivity contribution in [3.63, 3.8) is 0 Å². The maximum atomic E-state index is 4.62. The molecule has 2 aromatic carbocycles.